The minimum Gasteiger partial charge on any atom is -0.432 e. The molecule has 0 aliphatic rings. The van der Waals surface area contributed by atoms with E-state index < -0.39 is 32.1 Å². The van der Waals surface area contributed by atoms with Crippen LogP contribution in [0.1, 0.15) is 0 Å². The van der Waals surface area contributed by atoms with Crippen LogP contribution in [0.2, 0.25) is 0 Å². The third-order valence-electron chi connectivity index (χ3n) is 0.503. The third kappa shape index (κ3) is 5.90. The van der Waals surface area contributed by atoms with Crippen LogP contribution in [0.5, 0.6) is 0 Å². The summed E-state index contributed by atoms with van der Waals surface area (Å²) in [5, 5.41) is 0. The first-order valence-corrected chi connectivity index (χ1v) is 5.36. The number of halogens is 2. The molecule has 0 aromatic carbocycles. The first kappa shape index (κ1) is 14.8. The van der Waals surface area contributed by atoms with Crippen molar-refractivity contribution in [1.82, 2.24) is 0 Å². The zero-order valence-corrected chi connectivity index (χ0v) is 7.70. The second kappa shape index (κ2) is 5.13. The van der Waals surface area contributed by atoms with E-state index in [1.54, 1.807) is 0 Å². The first-order valence-electron chi connectivity index (χ1n) is 2.14. The van der Waals surface area contributed by atoms with E-state index in [1.165, 1.54) is 0 Å². The monoisotopic (exact) mass is 215 g/mol. The molecule has 0 radical (unpaired) electrons. The van der Waals surface area contributed by atoms with E-state index >= 15 is 0 Å². The van der Waals surface area contributed by atoms with Gasteiger partial charge >= 0.3 is 18.9 Å². The maximum Gasteiger partial charge on any atom is 1.00 e. The summed E-state index contributed by atoms with van der Waals surface area (Å²) in [7, 11) is -9.32. The fourth-order valence-electron chi connectivity index (χ4n) is 0.213. The van der Waals surface area contributed by atoms with E-state index in [-0.39, 0.29) is 18.9 Å². The molecule has 0 aliphatic heterocycles. The predicted octanol–water partition coefficient (Wildman–Crippen LogP) is -3.12. The Balaban J connectivity index is 0. The van der Waals surface area contributed by atoms with Gasteiger partial charge in [-0.3, -0.25) is 0 Å². The van der Waals surface area contributed by atoms with E-state index in [4.69, 9.17) is 0 Å². The first-order chi connectivity index (χ1) is 4.83. The van der Waals surface area contributed by atoms with Crippen LogP contribution in [-0.2, 0) is 20.0 Å². The van der Waals surface area contributed by atoms with Gasteiger partial charge < -0.3 is 4.13 Å². The Morgan fingerprint density at radius 1 is 0.917 bits per heavy atom. The van der Waals surface area contributed by atoms with Crippen molar-refractivity contribution in [2.45, 2.75) is 0 Å². The molecule has 12 heavy (non-hydrogen) atoms. The van der Waals surface area contributed by atoms with E-state index in [0.29, 0.717) is 0 Å². The number of rotatable bonds is 4. The smallest absolute Gasteiger partial charge is 0.432 e. The van der Waals surface area contributed by atoms with E-state index in [0.717, 1.165) is 0 Å². The second-order valence-electron chi connectivity index (χ2n) is 1.46. The van der Waals surface area contributed by atoms with Crippen LogP contribution >= 0.6 is 0 Å². The standard InChI is InChI=1S/C2H4F2NO4S2.Li/c3-1-10(6,7)5-11(8,9)2-4;/h1-2H2;/q-1;+1. The van der Waals surface area contributed by atoms with Crippen molar-refractivity contribution in [3.05, 3.63) is 4.13 Å². The summed E-state index contributed by atoms with van der Waals surface area (Å²) in [5.74, 6) is 0. The average Bonchev–Trinajstić information content (AvgIpc) is 1.86. The number of nitrogens with zero attached hydrogens (tertiary/aromatic N) is 1. The van der Waals surface area contributed by atoms with Gasteiger partial charge in [0.1, 0.15) is 20.0 Å². The van der Waals surface area contributed by atoms with Gasteiger partial charge in [-0.2, -0.15) is 0 Å². The molecular formula is C2H4F2LiNO4S2. The number of alkyl halides is 2. The molecule has 0 spiro atoms. The molecule has 0 fully saturated rings. The van der Waals surface area contributed by atoms with Gasteiger partial charge in [-0.1, -0.05) is 0 Å². The fraction of sp³-hybridized carbons (Fsp3) is 1.00. The maximum absolute atomic E-state index is 11.4. The van der Waals surface area contributed by atoms with Gasteiger partial charge in [0.05, 0.1) is 0 Å². The van der Waals surface area contributed by atoms with Crippen molar-refractivity contribution in [2.75, 3.05) is 12.0 Å². The normalized spacial score (nSPS) is 12.2. The van der Waals surface area contributed by atoms with Gasteiger partial charge in [0, 0.05) is 0 Å². The zero-order chi connectivity index (χ0) is 9.12. The Morgan fingerprint density at radius 2 is 1.17 bits per heavy atom. The van der Waals surface area contributed by atoms with E-state index in [9.17, 15) is 25.6 Å². The molecule has 0 aliphatic carbocycles. The van der Waals surface area contributed by atoms with Crippen LogP contribution in [0.4, 0.5) is 8.78 Å². The topological polar surface area (TPSA) is 82.4 Å². The molecule has 0 atom stereocenters. The van der Waals surface area contributed by atoms with Crippen molar-refractivity contribution >= 4 is 20.0 Å². The fourth-order valence-corrected chi connectivity index (χ4v) is 1.92. The quantitative estimate of drug-likeness (QED) is 0.464. The summed E-state index contributed by atoms with van der Waals surface area (Å²) in [4.78, 5) is 0. The molecule has 0 bridgehead atoms. The van der Waals surface area contributed by atoms with Crippen molar-refractivity contribution in [2.24, 2.45) is 0 Å². The van der Waals surface area contributed by atoms with Crippen LogP contribution in [0.25, 0.3) is 4.13 Å². The van der Waals surface area contributed by atoms with Crippen LogP contribution in [0.15, 0.2) is 0 Å². The Morgan fingerprint density at radius 3 is 1.33 bits per heavy atom. The van der Waals surface area contributed by atoms with Crippen molar-refractivity contribution in [1.29, 1.82) is 0 Å². The molecule has 0 aromatic heterocycles. The Kier molecular flexibility index (Phi) is 6.34. The van der Waals surface area contributed by atoms with Gasteiger partial charge in [-0.25, -0.2) is 25.6 Å². The molecule has 0 saturated heterocycles. The van der Waals surface area contributed by atoms with Crippen LogP contribution in [-0.4, -0.2) is 28.8 Å². The van der Waals surface area contributed by atoms with Crippen LogP contribution in [0.3, 0.4) is 0 Å². The minimum atomic E-state index is -4.66. The molecule has 68 valence electrons. The number of hydrogen-bond acceptors (Lipinski definition) is 4. The Bertz CT molecular complexity index is 278. The molecule has 0 rings (SSSR count). The van der Waals surface area contributed by atoms with Crippen LogP contribution in [0, 0.1) is 0 Å². The van der Waals surface area contributed by atoms with Gasteiger partial charge in [0.15, 0.2) is 12.0 Å². The molecular weight excluding hydrogens is 211 g/mol. The average molecular weight is 215 g/mol. The largest absolute Gasteiger partial charge is 1.00 e. The van der Waals surface area contributed by atoms with E-state index in [1.807, 2.05) is 4.13 Å². The molecule has 0 unspecified atom stereocenters. The summed E-state index contributed by atoms with van der Waals surface area (Å²) >= 11 is 0. The molecule has 0 saturated carbocycles. The van der Waals surface area contributed by atoms with Gasteiger partial charge in [0.25, 0.3) is 0 Å². The van der Waals surface area contributed by atoms with E-state index in [2.05, 4.69) is 0 Å². The number of hydrogen-bond donors (Lipinski definition) is 0. The maximum atomic E-state index is 11.4. The van der Waals surface area contributed by atoms with Crippen molar-refractivity contribution < 1.29 is 44.5 Å². The van der Waals surface area contributed by atoms with Crippen molar-refractivity contribution in [3.8, 4) is 0 Å². The van der Waals surface area contributed by atoms with Gasteiger partial charge in [-0.05, 0) is 0 Å². The second-order valence-corrected chi connectivity index (χ2v) is 4.82. The molecule has 0 N–H and O–H groups in total. The summed E-state index contributed by atoms with van der Waals surface area (Å²) in [6, 6.07) is -3.90. The molecule has 5 nitrogen and oxygen atoms in total. The van der Waals surface area contributed by atoms with Gasteiger partial charge in [0.2, 0.25) is 0 Å². The summed E-state index contributed by atoms with van der Waals surface area (Å²) in [5.41, 5.74) is 0. The molecule has 10 heteroatoms. The predicted molar refractivity (Wildman–Crippen MR) is 33.1 cm³/mol. The zero-order valence-electron chi connectivity index (χ0n) is 6.07. The third-order valence-corrected chi connectivity index (χ3v) is 2.87. The molecule has 0 aromatic rings. The molecule has 0 heterocycles. The van der Waals surface area contributed by atoms with Crippen molar-refractivity contribution in [3.63, 3.8) is 0 Å². The minimum absolute atomic E-state index is 0. The van der Waals surface area contributed by atoms with Gasteiger partial charge in [-0.15, -0.1) is 0 Å². The SMILES string of the molecule is O=S(=O)(CF)[N-]S(=O)(=O)CF.[Li+]. The number of sulfonamides is 2. The molecule has 0 amide bonds. The Labute approximate surface area is 80.8 Å². The summed E-state index contributed by atoms with van der Waals surface area (Å²) < 4.78 is 65.1. The summed E-state index contributed by atoms with van der Waals surface area (Å²) in [6.07, 6.45) is 0. The van der Waals surface area contributed by atoms with Crippen LogP contribution < -0.4 is 18.9 Å². The summed E-state index contributed by atoms with van der Waals surface area (Å²) in [6.45, 7) is 0. The Hall–Kier alpha value is 0.317.